The quantitative estimate of drug-likeness (QED) is 0.874. The van der Waals surface area contributed by atoms with E-state index in [1.165, 1.54) is 4.90 Å². The van der Waals surface area contributed by atoms with Gasteiger partial charge in [0.15, 0.2) is 18.2 Å². The molecule has 0 saturated carbocycles. The van der Waals surface area contributed by atoms with Crippen molar-refractivity contribution in [2.75, 3.05) is 29.9 Å². The SMILES string of the molecule is CC.CC.NCCC1CN(c2ccc3c(n2)NC(=O)CO3)C(=O)O1. The third-order valence-corrected chi connectivity index (χ3v) is 3.10. The smallest absolute Gasteiger partial charge is 0.415 e. The minimum atomic E-state index is -0.459. The van der Waals surface area contributed by atoms with E-state index in [0.717, 1.165) is 0 Å². The van der Waals surface area contributed by atoms with E-state index in [4.69, 9.17) is 15.2 Å². The number of amides is 2. The number of hydrogen-bond acceptors (Lipinski definition) is 6. The summed E-state index contributed by atoms with van der Waals surface area (Å²) in [5, 5.41) is 2.60. The molecule has 0 aliphatic carbocycles. The van der Waals surface area contributed by atoms with Gasteiger partial charge in [0.1, 0.15) is 11.9 Å². The summed E-state index contributed by atoms with van der Waals surface area (Å²) in [6.45, 7) is 8.82. The molecule has 0 bridgehead atoms. The molecule has 134 valence electrons. The molecule has 8 nitrogen and oxygen atoms in total. The van der Waals surface area contributed by atoms with Crippen LogP contribution < -0.4 is 20.7 Å². The summed E-state index contributed by atoms with van der Waals surface area (Å²) in [6.07, 6.45) is -0.0809. The van der Waals surface area contributed by atoms with Crippen LogP contribution in [0, 0.1) is 0 Å². The fraction of sp³-hybridized carbons (Fsp3) is 0.562. The number of rotatable bonds is 3. The molecule has 0 spiro atoms. The van der Waals surface area contributed by atoms with E-state index in [9.17, 15) is 9.59 Å². The largest absolute Gasteiger partial charge is 0.480 e. The van der Waals surface area contributed by atoms with Crippen LogP contribution in [0.3, 0.4) is 0 Å². The summed E-state index contributed by atoms with van der Waals surface area (Å²) in [4.78, 5) is 28.7. The molecule has 2 aliphatic rings. The number of pyridine rings is 1. The van der Waals surface area contributed by atoms with Crippen LogP contribution in [0.4, 0.5) is 16.4 Å². The summed E-state index contributed by atoms with van der Waals surface area (Å²) in [5.41, 5.74) is 5.45. The topological polar surface area (TPSA) is 107 Å². The van der Waals surface area contributed by atoms with E-state index in [-0.39, 0.29) is 18.6 Å². The first-order chi connectivity index (χ1) is 11.7. The maximum absolute atomic E-state index is 11.8. The molecule has 1 saturated heterocycles. The maximum atomic E-state index is 11.8. The molecule has 0 aromatic carbocycles. The summed E-state index contributed by atoms with van der Waals surface area (Å²) in [5.74, 6) is 0.944. The average molecular weight is 338 g/mol. The molecule has 2 aliphatic heterocycles. The zero-order valence-corrected chi connectivity index (χ0v) is 14.7. The predicted molar refractivity (Wildman–Crippen MR) is 92.3 cm³/mol. The van der Waals surface area contributed by atoms with Crippen molar-refractivity contribution < 1.29 is 19.1 Å². The maximum Gasteiger partial charge on any atom is 0.415 e. The molecule has 1 atom stereocenters. The van der Waals surface area contributed by atoms with Crippen LogP contribution in [-0.4, -0.2) is 42.8 Å². The fourth-order valence-corrected chi connectivity index (χ4v) is 2.15. The molecule has 3 N–H and O–H groups in total. The highest BCUT2D eigenvalue weighted by atomic mass is 16.6. The van der Waals surface area contributed by atoms with Gasteiger partial charge in [0, 0.05) is 0 Å². The highest BCUT2D eigenvalue weighted by Gasteiger charge is 2.33. The molecule has 8 heteroatoms. The van der Waals surface area contributed by atoms with Crippen LogP contribution in [0.25, 0.3) is 0 Å². The third-order valence-electron chi connectivity index (χ3n) is 3.10. The van der Waals surface area contributed by atoms with Crippen molar-refractivity contribution in [3.63, 3.8) is 0 Å². The van der Waals surface area contributed by atoms with Gasteiger partial charge < -0.3 is 20.5 Å². The predicted octanol–water partition coefficient (Wildman–Crippen LogP) is 2.14. The Morgan fingerprint density at radius 1 is 1.29 bits per heavy atom. The number of anilines is 2. The van der Waals surface area contributed by atoms with Crippen molar-refractivity contribution in [1.82, 2.24) is 4.98 Å². The van der Waals surface area contributed by atoms with Crippen molar-refractivity contribution in [2.24, 2.45) is 5.73 Å². The van der Waals surface area contributed by atoms with E-state index in [1.807, 2.05) is 27.7 Å². The highest BCUT2D eigenvalue weighted by Crippen LogP contribution is 2.30. The highest BCUT2D eigenvalue weighted by molar-refractivity contribution is 5.95. The lowest BCUT2D eigenvalue weighted by atomic mass is 10.2. The first-order valence-corrected chi connectivity index (χ1v) is 8.29. The molecule has 1 unspecified atom stereocenters. The van der Waals surface area contributed by atoms with E-state index in [2.05, 4.69) is 10.3 Å². The Morgan fingerprint density at radius 3 is 2.67 bits per heavy atom. The zero-order valence-electron chi connectivity index (χ0n) is 14.7. The van der Waals surface area contributed by atoms with Crippen molar-refractivity contribution in [2.45, 2.75) is 40.2 Å². The van der Waals surface area contributed by atoms with Gasteiger partial charge in [-0.3, -0.25) is 9.69 Å². The summed E-state index contributed by atoms with van der Waals surface area (Å²) >= 11 is 0. The van der Waals surface area contributed by atoms with E-state index >= 15 is 0 Å². The van der Waals surface area contributed by atoms with Gasteiger partial charge in [-0.05, 0) is 25.1 Å². The van der Waals surface area contributed by atoms with Crippen molar-refractivity contribution >= 4 is 23.6 Å². The Bertz CT molecular complexity index is 565. The minimum absolute atomic E-state index is 0.0294. The Labute approximate surface area is 142 Å². The second kappa shape index (κ2) is 9.71. The standard InChI is InChI=1S/C12H14N4O4.2C2H6/c13-4-3-7-5-16(12(18)20-7)9-2-1-8-11(14-9)15-10(17)6-19-8;2*1-2/h1-2,7H,3-6,13H2,(H,14,15,17);2*1-2H3. The Balaban J connectivity index is 0.000000671. The summed E-state index contributed by atoms with van der Waals surface area (Å²) < 4.78 is 10.4. The molecule has 3 heterocycles. The number of nitrogens with one attached hydrogen (secondary N) is 1. The van der Waals surface area contributed by atoms with Gasteiger partial charge in [-0.2, -0.15) is 0 Å². The second-order valence-corrected chi connectivity index (χ2v) is 4.55. The van der Waals surface area contributed by atoms with Gasteiger partial charge in [-0.15, -0.1) is 0 Å². The molecular formula is C16H26N4O4. The van der Waals surface area contributed by atoms with Crippen molar-refractivity contribution in [3.05, 3.63) is 12.1 Å². The van der Waals surface area contributed by atoms with Crippen LogP contribution in [0.15, 0.2) is 12.1 Å². The number of cyclic esters (lactones) is 1. The van der Waals surface area contributed by atoms with E-state index < -0.39 is 6.09 Å². The number of ether oxygens (including phenoxy) is 2. The Morgan fingerprint density at radius 2 is 2.00 bits per heavy atom. The van der Waals surface area contributed by atoms with Crippen LogP contribution >= 0.6 is 0 Å². The fourth-order valence-electron chi connectivity index (χ4n) is 2.15. The first kappa shape index (κ1) is 19.7. The van der Waals surface area contributed by atoms with Gasteiger partial charge in [0.2, 0.25) is 0 Å². The number of hydrogen-bond donors (Lipinski definition) is 2. The van der Waals surface area contributed by atoms with Crippen LogP contribution in [0.1, 0.15) is 34.1 Å². The molecule has 1 fully saturated rings. The number of carbonyl (C=O) groups is 2. The van der Waals surface area contributed by atoms with Gasteiger partial charge in [0.25, 0.3) is 5.91 Å². The van der Waals surface area contributed by atoms with Crippen LogP contribution in [0.5, 0.6) is 5.75 Å². The number of nitrogens with two attached hydrogens (primary N) is 1. The van der Waals surface area contributed by atoms with Crippen molar-refractivity contribution in [3.8, 4) is 5.75 Å². The van der Waals surface area contributed by atoms with Gasteiger partial charge in [-0.1, -0.05) is 27.7 Å². The van der Waals surface area contributed by atoms with Crippen LogP contribution in [0.2, 0.25) is 0 Å². The molecule has 1 aromatic heterocycles. The molecule has 0 radical (unpaired) electrons. The molecule has 3 rings (SSSR count). The van der Waals surface area contributed by atoms with Gasteiger partial charge in [-0.25, -0.2) is 9.78 Å². The molecule has 1 aromatic rings. The van der Waals surface area contributed by atoms with Crippen molar-refractivity contribution in [1.29, 1.82) is 0 Å². The Hall–Kier alpha value is -2.35. The lowest BCUT2D eigenvalue weighted by Gasteiger charge is -2.19. The lowest BCUT2D eigenvalue weighted by molar-refractivity contribution is -0.118. The summed E-state index contributed by atoms with van der Waals surface area (Å²) in [7, 11) is 0. The normalized spacial score (nSPS) is 18.0. The number of nitrogens with zero attached hydrogens (tertiary/aromatic N) is 2. The molecule has 24 heavy (non-hydrogen) atoms. The number of carbonyl (C=O) groups excluding carboxylic acids is 2. The molecular weight excluding hydrogens is 312 g/mol. The summed E-state index contributed by atoms with van der Waals surface area (Å²) in [6, 6.07) is 3.32. The van der Waals surface area contributed by atoms with E-state index in [1.54, 1.807) is 12.1 Å². The minimum Gasteiger partial charge on any atom is -0.480 e. The van der Waals surface area contributed by atoms with Gasteiger partial charge in [0.05, 0.1) is 6.54 Å². The number of aromatic nitrogens is 1. The zero-order chi connectivity index (χ0) is 18.1. The van der Waals surface area contributed by atoms with E-state index in [0.29, 0.717) is 36.9 Å². The Kier molecular flexibility index (Phi) is 7.97. The monoisotopic (exact) mass is 338 g/mol. The first-order valence-electron chi connectivity index (χ1n) is 8.29. The third kappa shape index (κ3) is 4.58. The second-order valence-electron chi connectivity index (χ2n) is 4.55. The number of fused-ring (bicyclic) bond motifs is 1. The average Bonchev–Trinajstić information content (AvgIpc) is 2.98. The molecule has 2 amide bonds. The van der Waals surface area contributed by atoms with Gasteiger partial charge >= 0.3 is 6.09 Å². The van der Waals surface area contributed by atoms with Crippen LogP contribution in [-0.2, 0) is 9.53 Å². The lowest BCUT2D eigenvalue weighted by Crippen LogP contribution is -2.29.